The number of rotatable bonds is 3. The van der Waals surface area contributed by atoms with E-state index in [0.29, 0.717) is 23.2 Å². The van der Waals surface area contributed by atoms with Gasteiger partial charge in [-0.3, -0.25) is 0 Å². The Morgan fingerprint density at radius 1 is 1.41 bits per heavy atom. The summed E-state index contributed by atoms with van der Waals surface area (Å²) in [5.74, 6) is 0.0970. The largest absolute Gasteiger partial charge is 0.374 e. The van der Waals surface area contributed by atoms with Crippen LogP contribution < -0.4 is 10.6 Å². The lowest BCUT2D eigenvalue weighted by atomic mass is 9.93. The molecule has 0 unspecified atom stereocenters. The van der Waals surface area contributed by atoms with E-state index in [2.05, 4.69) is 10.6 Å². The molecular weight excluding hydrogens is 325 g/mol. The molecule has 122 valence electrons. The van der Waals surface area contributed by atoms with Crippen LogP contribution in [0.1, 0.15) is 11.5 Å². The molecule has 0 aliphatic carbocycles. The van der Waals surface area contributed by atoms with Crippen LogP contribution in [0.25, 0.3) is 0 Å². The number of amides is 2. The number of carbonyl (C=O) groups excluding carboxylic acids is 1. The SMILES string of the molecule is CN(C)C(=O)NC[C@@H]1OCCNC[C@@H]1c1ccc(Cl)c(Cl)c1. The van der Waals surface area contributed by atoms with E-state index in [-0.39, 0.29) is 18.1 Å². The van der Waals surface area contributed by atoms with Gasteiger partial charge in [0.05, 0.1) is 22.8 Å². The summed E-state index contributed by atoms with van der Waals surface area (Å²) in [5, 5.41) is 7.29. The molecule has 22 heavy (non-hydrogen) atoms. The van der Waals surface area contributed by atoms with Gasteiger partial charge in [0.15, 0.2) is 0 Å². The number of hydrogen-bond acceptors (Lipinski definition) is 3. The lowest BCUT2D eigenvalue weighted by Gasteiger charge is -2.26. The van der Waals surface area contributed by atoms with E-state index in [0.717, 1.165) is 18.7 Å². The van der Waals surface area contributed by atoms with Gasteiger partial charge < -0.3 is 20.3 Å². The summed E-state index contributed by atoms with van der Waals surface area (Å²) in [6.45, 7) is 2.61. The first kappa shape index (κ1) is 17.3. The maximum Gasteiger partial charge on any atom is 0.316 e. The van der Waals surface area contributed by atoms with E-state index >= 15 is 0 Å². The summed E-state index contributed by atoms with van der Waals surface area (Å²) >= 11 is 12.1. The molecule has 1 aromatic rings. The van der Waals surface area contributed by atoms with Gasteiger partial charge in [-0.25, -0.2) is 4.79 Å². The summed E-state index contributed by atoms with van der Waals surface area (Å²) in [4.78, 5) is 13.2. The van der Waals surface area contributed by atoms with Gasteiger partial charge in [-0.15, -0.1) is 0 Å². The fraction of sp³-hybridized carbons (Fsp3) is 0.533. The number of hydrogen-bond donors (Lipinski definition) is 2. The molecule has 0 saturated carbocycles. The molecule has 7 heteroatoms. The first-order valence-corrected chi connectivity index (χ1v) is 7.97. The van der Waals surface area contributed by atoms with Crippen LogP contribution in [0.4, 0.5) is 4.79 Å². The van der Waals surface area contributed by atoms with Crippen molar-refractivity contribution < 1.29 is 9.53 Å². The van der Waals surface area contributed by atoms with E-state index in [9.17, 15) is 4.79 Å². The lowest BCUT2D eigenvalue weighted by molar-refractivity contribution is 0.0532. The number of nitrogens with zero attached hydrogens (tertiary/aromatic N) is 1. The minimum absolute atomic E-state index is 0.0970. The van der Waals surface area contributed by atoms with Gasteiger partial charge in [0.1, 0.15) is 0 Å². The van der Waals surface area contributed by atoms with E-state index < -0.39 is 0 Å². The molecule has 2 N–H and O–H groups in total. The zero-order chi connectivity index (χ0) is 16.1. The highest BCUT2D eigenvalue weighted by molar-refractivity contribution is 6.42. The van der Waals surface area contributed by atoms with Crippen molar-refractivity contribution in [2.24, 2.45) is 0 Å². The number of benzene rings is 1. The molecule has 1 aromatic carbocycles. The topological polar surface area (TPSA) is 53.6 Å². The zero-order valence-electron chi connectivity index (χ0n) is 12.7. The highest BCUT2D eigenvalue weighted by Gasteiger charge is 2.27. The first-order chi connectivity index (χ1) is 10.5. The Bertz CT molecular complexity index is 526. The number of nitrogens with one attached hydrogen (secondary N) is 2. The second kappa shape index (κ2) is 8.02. The molecule has 0 spiro atoms. The minimum Gasteiger partial charge on any atom is -0.374 e. The Balaban J connectivity index is 2.13. The third-order valence-corrected chi connectivity index (χ3v) is 4.40. The third-order valence-electron chi connectivity index (χ3n) is 3.66. The summed E-state index contributed by atoms with van der Waals surface area (Å²) in [6.07, 6.45) is -0.115. The Hall–Kier alpha value is -1.01. The Morgan fingerprint density at radius 3 is 2.86 bits per heavy atom. The first-order valence-electron chi connectivity index (χ1n) is 7.21. The Kier molecular flexibility index (Phi) is 6.32. The smallest absolute Gasteiger partial charge is 0.316 e. The fourth-order valence-electron chi connectivity index (χ4n) is 2.41. The molecule has 0 radical (unpaired) electrons. The van der Waals surface area contributed by atoms with Crippen molar-refractivity contribution in [3.63, 3.8) is 0 Å². The molecular formula is C15H21Cl2N3O2. The zero-order valence-corrected chi connectivity index (χ0v) is 14.2. The van der Waals surface area contributed by atoms with Crippen LogP contribution >= 0.6 is 23.2 Å². The highest BCUT2D eigenvalue weighted by atomic mass is 35.5. The molecule has 5 nitrogen and oxygen atoms in total. The average Bonchev–Trinajstić information content (AvgIpc) is 2.73. The van der Waals surface area contributed by atoms with Crippen molar-refractivity contribution in [3.8, 4) is 0 Å². The van der Waals surface area contributed by atoms with E-state index in [4.69, 9.17) is 27.9 Å². The van der Waals surface area contributed by atoms with Crippen molar-refractivity contribution >= 4 is 29.2 Å². The fourth-order valence-corrected chi connectivity index (χ4v) is 2.72. The molecule has 1 aliphatic rings. The summed E-state index contributed by atoms with van der Waals surface area (Å²) in [5.41, 5.74) is 1.05. The Labute approximate surface area is 140 Å². The van der Waals surface area contributed by atoms with Gasteiger partial charge in [0.2, 0.25) is 0 Å². The number of carbonyl (C=O) groups is 1. The standard InChI is InChI=1S/C15H21Cl2N3O2/c1-20(2)15(21)19-9-14-11(8-18-5-6-22-14)10-3-4-12(16)13(17)7-10/h3-4,7,11,14,18H,5-6,8-9H2,1-2H3,(H,19,21)/t11-,14+/m1/s1. The average molecular weight is 346 g/mol. The number of ether oxygens (including phenoxy) is 1. The van der Waals surface area contributed by atoms with Gasteiger partial charge >= 0.3 is 6.03 Å². The van der Waals surface area contributed by atoms with Crippen molar-refractivity contribution in [3.05, 3.63) is 33.8 Å². The number of halogens is 2. The summed E-state index contributed by atoms with van der Waals surface area (Å²) in [6, 6.07) is 5.48. The molecule has 2 atom stereocenters. The van der Waals surface area contributed by atoms with Gasteiger partial charge in [0, 0.05) is 39.6 Å². The molecule has 2 rings (SSSR count). The maximum atomic E-state index is 11.7. The van der Waals surface area contributed by atoms with E-state index in [1.807, 2.05) is 12.1 Å². The third kappa shape index (κ3) is 4.49. The minimum atomic E-state index is -0.131. The van der Waals surface area contributed by atoms with Crippen LogP contribution in [-0.2, 0) is 4.74 Å². The van der Waals surface area contributed by atoms with Crippen LogP contribution in [0, 0.1) is 0 Å². The highest BCUT2D eigenvalue weighted by Crippen LogP contribution is 2.29. The molecule has 1 heterocycles. The van der Waals surface area contributed by atoms with Gasteiger partial charge in [-0.05, 0) is 17.7 Å². The predicted molar refractivity (Wildman–Crippen MR) is 88.9 cm³/mol. The van der Waals surface area contributed by atoms with Crippen LogP contribution in [0.5, 0.6) is 0 Å². The molecule has 1 aliphatic heterocycles. The normalized spacial score (nSPS) is 22.0. The van der Waals surface area contributed by atoms with Crippen molar-refractivity contribution in [2.75, 3.05) is 40.3 Å². The van der Waals surface area contributed by atoms with Crippen LogP contribution in [0.15, 0.2) is 18.2 Å². The van der Waals surface area contributed by atoms with Crippen LogP contribution in [0.3, 0.4) is 0 Å². The van der Waals surface area contributed by atoms with E-state index in [1.165, 1.54) is 4.90 Å². The lowest BCUT2D eigenvalue weighted by Crippen LogP contribution is -2.42. The number of urea groups is 1. The van der Waals surface area contributed by atoms with Gasteiger partial charge in [-0.1, -0.05) is 29.3 Å². The van der Waals surface area contributed by atoms with Crippen molar-refractivity contribution in [1.29, 1.82) is 0 Å². The molecule has 0 bridgehead atoms. The maximum absolute atomic E-state index is 11.7. The van der Waals surface area contributed by atoms with Gasteiger partial charge in [0.25, 0.3) is 0 Å². The van der Waals surface area contributed by atoms with Crippen molar-refractivity contribution in [2.45, 2.75) is 12.0 Å². The molecule has 2 amide bonds. The van der Waals surface area contributed by atoms with Crippen LogP contribution in [-0.4, -0.2) is 57.4 Å². The van der Waals surface area contributed by atoms with Gasteiger partial charge in [-0.2, -0.15) is 0 Å². The molecule has 0 aromatic heterocycles. The second-order valence-electron chi connectivity index (χ2n) is 5.47. The molecule has 1 fully saturated rings. The van der Waals surface area contributed by atoms with E-state index in [1.54, 1.807) is 20.2 Å². The van der Waals surface area contributed by atoms with Crippen LogP contribution in [0.2, 0.25) is 10.0 Å². The van der Waals surface area contributed by atoms with Crippen molar-refractivity contribution in [1.82, 2.24) is 15.5 Å². The summed E-state index contributed by atoms with van der Waals surface area (Å²) in [7, 11) is 3.42. The Morgan fingerprint density at radius 2 is 2.18 bits per heavy atom. The monoisotopic (exact) mass is 345 g/mol. The summed E-state index contributed by atoms with van der Waals surface area (Å²) < 4.78 is 5.90. The quantitative estimate of drug-likeness (QED) is 0.883. The molecule has 1 saturated heterocycles. The second-order valence-corrected chi connectivity index (χ2v) is 6.29. The predicted octanol–water partition coefficient (Wildman–Crippen LogP) is 2.34.